The van der Waals surface area contributed by atoms with Crippen molar-refractivity contribution in [3.8, 4) is 11.4 Å². The molecule has 0 saturated heterocycles. The molecule has 0 unspecified atom stereocenters. The Morgan fingerprint density at radius 3 is 2.62 bits per heavy atom. The van der Waals surface area contributed by atoms with Crippen LogP contribution < -0.4 is 4.74 Å². The van der Waals surface area contributed by atoms with Crippen LogP contribution >= 0.6 is 23.2 Å². The average Bonchev–Trinajstić information content (AvgIpc) is 2.86. The van der Waals surface area contributed by atoms with Crippen LogP contribution in [0.3, 0.4) is 0 Å². The first kappa shape index (κ1) is 14.2. The Labute approximate surface area is 133 Å². The molecule has 0 saturated carbocycles. The van der Waals surface area contributed by atoms with Gasteiger partial charge in [0.2, 0.25) is 0 Å². The summed E-state index contributed by atoms with van der Waals surface area (Å²) in [5.74, 6) is 1.76. The summed E-state index contributed by atoms with van der Waals surface area (Å²) in [6, 6.07) is 11.6. The summed E-state index contributed by atoms with van der Waals surface area (Å²) in [5, 5.41) is 0.670. The normalized spacial score (nSPS) is 11.0. The number of alkyl halides is 1. The molecule has 3 aromatic rings. The van der Waals surface area contributed by atoms with Crippen molar-refractivity contribution >= 4 is 34.2 Å². The summed E-state index contributed by atoms with van der Waals surface area (Å²) in [6.45, 7) is 2.02. The first-order valence-electron chi connectivity index (χ1n) is 6.53. The zero-order chi connectivity index (χ0) is 15.0. The van der Waals surface area contributed by atoms with Gasteiger partial charge in [0.05, 0.1) is 29.2 Å². The van der Waals surface area contributed by atoms with Gasteiger partial charge in [0.25, 0.3) is 0 Å². The maximum absolute atomic E-state index is 6.40. The Kier molecular flexibility index (Phi) is 3.79. The molecule has 1 aromatic heterocycles. The lowest BCUT2D eigenvalue weighted by Crippen LogP contribution is -2.02. The average molecular weight is 321 g/mol. The molecule has 0 fully saturated rings. The molecule has 2 aromatic carbocycles. The van der Waals surface area contributed by atoms with Crippen LogP contribution in [0.25, 0.3) is 16.7 Å². The fourth-order valence-corrected chi connectivity index (χ4v) is 3.02. The van der Waals surface area contributed by atoms with Crippen molar-refractivity contribution in [3.05, 3.63) is 52.8 Å². The summed E-state index contributed by atoms with van der Waals surface area (Å²) < 4.78 is 7.39. The van der Waals surface area contributed by atoms with E-state index < -0.39 is 0 Å². The Hall–Kier alpha value is -1.71. The van der Waals surface area contributed by atoms with Gasteiger partial charge in [0, 0.05) is 0 Å². The smallest absolute Gasteiger partial charge is 0.146 e. The number of fused-ring (bicyclic) bond motifs is 1. The van der Waals surface area contributed by atoms with Gasteiger partial charge in [0.15, 0.2) is 0 Å². The molecule has 0 spiro atoms. The van der Waals surface area contributed by atoms with Gasteiger partial charge in [-0.25, -0.2) is 4.98 Å². The third-order valence-corrected chi connectivity index (χ3v) is 4.01. The predicted molar refractivity (Wildman–Crippen MR) is 86.9 cm³/mol. The molecule has 0 bridgehead atoms. The van der Waals surface area contributed by atoms with Gasteiger partial charge in [0.1, 0.15) is 17.1 Å². The van der Waals surface area contributed by atoms with Gasteiger partial charge in [-0.05, 0) is 30.7 Å². The van der Waals surface area contributed by atoms with Crippen molar-refractivity contribution in [2.24, 2.45) is 0 Å². The number of imidazole rings is 1. The van der Waals surface area contributed by atoms with Crippen LogP contribution in [0.15, 0.2) is 36.4 Å². The summed E-state index contributed by atoms with van der Waals surface area (Å²) in [4.78, 5) is 4.61. The van der Waals surface area contributed by atoms with E-state index in [0.717, 1.165) is 33.9 Å². The molecule has 0 N–H and O–H groups in total. The van der Waals surface area contributed by atoms with E-state index in [1.165, 1.54) is 0 Å². The first-order valence-corrected chi connectivity index (χ1v) is 7.44. The van der Waals surface area contributed by atoms with Crippen LogP contribution in [0, 0.1) is 6.92 Å². The van der Waals surface area contributed by atoms with E-state index in [1.807, 2.05) is 47.9 Å². The Bertz CT molecular complexity index is 791. The van der Waals surface area contributed by atoms with E-state index in [9.17, 15) is 0 Å². The molecule has 0 aliphatic carbocycles. The highest BCUT2D eigenvalue weighted by molar-refractivity contribution is 6.32. The van der Waals surface area contributed by atoms with E-state index in [-0.39, 0.29) is 0 Å². The number of halogens is 2. The highest BCUT2D eigenvalue weighted by Gasteiger charge is 2.17. The van der Waals surface area contributed by atoms with E-state index in [4.69, 9.17) is 27.9 Å². The summed E-state index contributed by atoms with van der Waals surface area (Å²) in [7, 11) is 1.63. The van der Waals surface area contributed by atoms with Crippen molar-refractivity contribution in [1.29, 1.82) is 0 Å². The van der Waals surface area contributed by atoms with Gasteiger partial charge in [-0.3, -0.25) is 4.57 Å². The quantitative estimate of drug-likeness (QED) is 0.652. The topological polar surface area (TPSA) is 27.1 Å². The number of aryl methyl sites for hydroxylation is 1. The van der Waals surface area contributed by atoms with Crippen LogP contribution in [-0.2, 0) is 5.88 Å². The molecular formula is C16H14Cl2N2O. The summed E-state index contributed by atoms with van der Waals surface area (Å²) in [5.41, 5.74) is 3.69. The van der Waals surface area contributed by atoms with Crippen LogP contribution in [0.2, 0.25) is 5.02 Å². The minimum atomic E-state index is 0.294. The van der Waals surface area contributed by atoms with E-state index >= 15 is 0 Å². The molecule has 0 amide bonds. The Morgan fingerprint density at radius 2 is 1.95 bits per heavy atom. The van der Waals surface area contributed by atoms with E-state index in [1.54, 1.807) is 7.11 Å². The second kappa shape index (κ2) is 5.58. The highest BCUT2D eigenvalue weighted by Crippen LogP contribution is 2.33. The fraction of sp³-hybridized carbons (Fsp3) is 0.188. The molecule has 0 aliphatic rings. The molecule has 0 radical (unpaired) electrons. The number of hydrogen-bond acceptors (Lipinski definition) is 2. The van der Waals surface area contributed by atoms with Crippen molar-refractivity contribution in [3.63, 3.8) is 0 Å². The number of aromatic nitrogens is 2. The molecule has 1 heterocycles. The summed E-state index contributed by atoms with van der Waals surface area (Å²) >= 11 is 12.5. The number of methoxy groups -OCH3 is 1. The van der Waals surface area contributed by atoms with Gasteiger partial charge in [-0.15, -0.1) is 11.6 Å². The Balaban J connectivity index is 2.42. The molecule has 3 rings (SSSR count). The summed E-state index contributed by atoms with van der Waals surface area (Å²) in [6.07, 6.45) is 0. The van der Waals surface area contributed by atoms with Crippen molar-refractivity contribution < 1.29 is 4.74 Å². The first-order chi connectivity index (χ1) is 10.2. The van der Waals surface area contributed by atoms with E-state index in [0.29, 0.717) is 10.9 Å². The third-order valence-electron chi connectivity index (χ3n) is 3.47. The maximum Gasteiger partial charge on any atom is 0.146 e. The number of para-hydroxylation sites is 2. The number of benzene rings is 2. The monoisotopic (exact) mass is 320 g/mol. The molecule has 0 aliphatic heterocycles. The minimum Gasteiger partial charge on any atom is -0.494 e. The lowest BCUT2D eigenvalue weighted by molar-refractivity contribution is 0.419. The standard InChI is InChI=1S/C16H14Cl2N2O/c1-10-5-3-6-11(18)16(10)20-12-7-4-8-13(21-2)15(12)19-14(20)9-17/h3-8H,9H2,1-2H3. The highest BCUT2D eigenvalue weighted by atomic mass is 35.5. The second-order valence-corrected chi connectivity index (χ2v) is 5.40. The largest absolute Gasteiger partial charge is 0.494 e. The van der Waals surface area contributed by atoms with Gasteiger partial charge >= 0.3 is 0 Å². The van der Waals surface area contributed by atoms with Crippen LogP contribution in [0.4, 0.5) is 0 Å². The fourth-order valence-electron chi connectivity index (χ4n) is 2.53. The molecule has 0 atom stereocenters. The van der Waals surface area contributed by atoms with Gasteiger partial charge in [-0.1, -0.05) is 29.8 Å². The molecule has 21 heavy (non-hydrogen) atoms. The lowest BCUT2D eigenvalue weighted by Gasteiger charge is -2.13. The number of ether oxygens (including phenoxy) is 1. The van der Waals surface area contributed by atoms with Crippen LogP contribution in [0.1, 0.15) is 11.4 Å². The second-order valence-electron chi connectivity index (χ2n) is 4.73. The predicted octanol–water partition coefficient (Wildman–Crippen LogP) is 4.73. The zero-order valence-electron chi connectivity index (χ0n) is 11.7. The Morgan fingerprint density at radius 1 is 1.19 bits per heavy atom. The van der Waals surface area contributed by atoms with Crippen molar-refractivity contribution in [1.82, 2.24) is 9.55 Å². The zero-order valence-corrected chi connectivity index (χ0v) is 13.2. The van der Waals surface area contributed by atoms with E-state index in [2.05, 4.69) is 4.98 Å². The molecule has 108 valence electrons. The molecule has 5 heteroatoms. The van der Waals surface area contributed by atoms with Gasteiger partial charge in [-0.2, -0.15) is 0 Å². The third kappa shape index (κ3) is 2.27. The van der Waals surface area contributed by atoms with Crippen molar-refractivity contribution in [2.75, 3.05) is 7.11 Å². The van der Waals surface area contributed by atoms with Crippen LogP contribution in [-0.4, -0.2) is 16.7 Å². The number of hydrogen-bond donors (Lipinski definition) is 0. The van der Waals surface area contributed by atoms with Crippen LogP contribution in [0.5, 0.6) is 5.75 Å². The van der Waals surface area contributed by atoms with Gasteiger partial charge < -0.3 is 4.74 Å². The number of rotatable bonds is 3. The lowest BCUT2D eigenvalue weighted by atomic mass is 10.2. The maximum atomic E-state index is 6.40. The minimum absolute atomic E-state index is 0.294. The number of nitrogens with zero attached hydrogens (tertiary/aromatic N) is 2. The molecule has 3 nitrogen and oxygen atoms in total. The SMILES string of the molecule is COc1cccc2c1nc(CCl)n2-c1c(C)cccc1Cl. The molecular weight excluding hydrogens is 307 g/mol. The van der Waals surface area contributed by atoms with Crippen molar-refractivity contribution in [2.45, 2.75) is 12.8 Å².